The van der Waals surface area contributed by atoms with Crippen LogP contribution in [0.2, 0.25) is 0 Å². The van der Waals surface area contributed by atoms with Crippen LogP contribution in [0.4, 0.5) is 10.1 Å². The molecule has 0 fully saturated rings. The Kier molecular flexibility index (Phi) is 13.8. The Morgan fingerprint density at radius 1 is 0.925 bits per heavy atom. The first kappa shape index (κ1) is 39.6. The van der Waals surface area contributed by atoms with Crippen LogP contribution in [0.25, 0.3) is 22.3 Å². The third-order valence-corrected chi connectivity index (χ3v) is 9.30. The molecule has 16 heteroatoms. The van der Waals surface area contributed by atoms with Crippen molar-refractivity contribution in [2.24, 2.45) is 0 Å². The molecule has 2 atom stereocenters. The van der Waals surface area contributed by atoms with Gasteiger partial charge in [0.15, 0.2) is 0 Å². The summed E-state index contributed by atoms with van der Waals surface area (Å²) in [5.74, 6) is -0.253. The van der Waals surface area contributed by atoms with Gasteiger partial charge in [-0.05, 0) is 61.5 Å². The van der Waals surface area contributed by atoms with Gasteiger partial charge in [-0.2, -0.15) is 0 Å². The van der Waals surface area contributed by atoms with E-state index >= 15 is 0 Å². The van der Waals surface area contributed by atoms with Gasteiger partial charge in [-0.1, -0.05) is 0 Å². The highest BCUT2D eigenvalue weighted by atomic mass is 32.2. The predicted octanol–water partition coefficient (Wildman–Crippen LogP) is 4.86. The number of rotatable bonds is 18. The highest BCUT2D eigenvalue weighted by Gasteiger charge is 2.34. The van der Waals surface area contributed by atoms with Gasteiger partial charge in [-0.3, -0.25) is 9.10 Å². The van der Waals surface area contributed by atoms with E-state index in [9.17, 15) is 22.4 Å². The Balaban J connectivity index is 1.29. The highest BCUT2D eigenvalue weighted by Crippen LogP contribution is 2.42. The molecule has 0 spiro atoms. The Labute approximate surface area is 307 Å². The Morgan fingerprint density at radius 2 is 1.55 bits per heavy atom. The van der Waals surface area contributed by atoms with E-state index < -0.39 is 34.1 Å². The molecule has 0 unspecified atom stereocenters. The van der Waals surface area contributed by atoms with Crippen molar-refractivity contribution < 1.29 is 60.0 Å². The van der Waals surface area contributed by atoms with Gasteiger partial charge in [0.2, 0.25) is 10.0 Å². The number of esters is 1. The van der Waals surface area contributed by atoms with Crippen LogP contribution in [0, 0.1) is 5.82 Å². The van der Waals surface area contributed by atoms with Crippen molar-refractivity contribution in [1.82, 2.24) is 5.32 Å². The average molecular weight is 759 g/mol. The second-order valence-corrected chi connectivity index (χ2v) is 13.9. The molecule has 1 N–H and O–H groups in total. The minimum Gasteiger partial charge on any atom is -0.461 e. The number of amides is 1. The Hall–Kier alpha value is -4.58. The zero-order valence-electron chi connectivity index (χ0n) is 29.9. The van der Waals surface area contributed by atoms with E-state index in [1.165, 1.54) is 35.6 Å². The monoisotopic (exact) mass is 758 g/mol. The topological polar surface area (TPSA) is 161 Å². The summed E-state index contributed by atoms with van der Waals surface area (Å²) in [6.07, 6.45) is -0.426. The van der Waals surface area contributed by atoms with E-state index in [4.69, 9.17) is 37.6 Å². The molecule has 0 aliphatic carbocycles. The van der Waals surface area contributed by atoms with Crippen LogP contribution in [0.1, 0.15) is 28.9 Å². The summed E-state index contributed by atoms with van der Waals surface area (Å²) in [7, 11) is -0.774. The maximum atomic E-state index is 13.3. The molecule has 0 radical (unpaired) electrons. The van der Waals surface area contributed by atoms with Crippen LogP contribution in [-0.2, 0) is 43.2 Å². The maximum absolute atomic E-state index is 13.3. The summed E-state index contributed by atoms with van der Waals surface area (Å²) >= 11 is 0. The van der Waals surface area contributed by atoms with Crippen molar-refractivity contribution in [2.45, 2.75) is 19.1 Å². The zero-order chi connectivity index (χ0) is 38.0. The molecule has 0 saturated heterocycles. The number of nitrogens with zero attached hydrogens (tertiary/aromatic N) is 1. The zero-order valence-corrected chi connectivity index (χ0v) is 30.7. The maximum Gasteiger partial charge on any atom is 0.332 e. The van der Waals surface area contributed by atoms with Crippen LogP contribution in [0.15, 0.2) is 65.1 Å². The normalized spacial score (nSPS) is 15.9. The van der Waals surface area contributed by atoms with Crippen LogP contribution in [-0.4, -0.2) is 106 Å². The Bertz CT molecular complexity index is 1950. The third kappa shape index (κ3) is 10.5. The van der Waals surface area contributed by atoms with Gasteiger partial charge in [0.05, 0.1) is 69.8 Å². The molecule has 286 valence electrons. The third-order valence-electron chi connectivity index (χ3n) is 8.16. The van der Waals surface area contributed by atoms with E-state index in [0.29, 0.717) is 60.1 Å². The summed E-state index contributed by atoms with van der Waals surface area (Å²) in [5, 5.41) is 3.10. The first-order valence-corrected chi connectivity index (χ1v) is 18.7. The smallest absolute Gasteiger partial charge is 0.332 e. The fraction of sp³-hybridized carbons (Fsp3) is 0.405. The number of anilines is 1. The van der Waals surface area contributed by atoms with Crippen molar-refractivity contribution in [3.05, 3.63) is 77.6 Å². The van der Waals surface area contributed by atoms with Gasteiger partial charge in [0.1, 0.15) is 48.0 Å². The van der Waals surface area contributed by atoms with E-state index in [-0.39, 0.29) is 55.7 Å². The Morgan fingerprint density at radius 3 is 2.17 bits per heavy atom. The van der Waals surface area contributed by atoms with Gasteiger partial charge < -0.3 is 42.9 Å². The lowest BCUT2D eigenvalue weighted by Crippen LogP contribution is -2.39. The first-order chi connectivity index (χ1) is 25.5. The van der Waals surface area contributed by atoms with Crippen molar-refractivity contribution in [3.8, 4) is 22.8 Å². The summed E-state index contributed by atoms with van der Waals surface area (Å²) < 4.78 is 85.4. The molecule has 0 saturated carbocycles. The summed E-state index contributed by atoms with van der Waals surface area (Å²) in [4.78, 5) is 25.7. The van der Waals surface area contributed by atoms with Gasteiger partial charge in [-0.25, -0.2) is 17.6 Å². The highest BCUT2D eigenvalue weighted by molar-refractivity contribution is 7.92. The number of hydrogen-bond acceptors (Lipinski definition) is 12. The number of sulfonamides is 1. The second-order valence-electron chi connectivity index (χ2n) is 12.0. The molecule has 1 aliphatic heterocycles. The first-order valence-electron chi connectivity index (χ1n) is 16.9. The number of carbonyl (C=O) groups is 2. The molecule has 53 heavy (non-hydrogen) atoms. The van der Waals surface area contributed by atoms with E-state index in [2.05, 4.69) is 5.32 Å². The fourth-order valence-corrected chi connectivity index (χ4v) is 6.57. The molecule has 1 amide bonds. The lowest BCUT2D eigenvalue weighted by molar-refractivity contribution is -0.154. The number of benzene rings is 3. The molecule has 4 aromatic rings. The number of fused-ring (bicyclic) bond motifs is 2. The summed E-state index contributed by atoms with van der Waals surface area (Å²) in [5.41, 5.74) is 1.87. The molecular weight excluding hydrogens is 715 g/mol. The van der Waals surface area contributed by atoms with Crippen molar-refractivity contribution in [3.63, 3.8) is 0 Å². The van der Waals surface area contributed by atoms with E-state index in [0.717, 1.165) is 6.26 Å². The average Bonchev–Trinajstić information content (AvgIpc) is 3.44. The van der Waals surface area contributed by atoms with Crippen LogP contribution in [0.3, 0.4) is 0 Å². The minimum absolute atomic E-state index is 0.151. The van der Waals surface area contributed by atoms with Crippen LogP contribution >= 0.6 is 0 Å². The molecule has 14 nitrogen and oxygen atoms in total. The quantitative estimate of drug-likeness (QED) is 0.109. The molecule has 5 rings (SSSR count). The fourth-order valence-electron chi connectivity index (χ4n) is 5.62. The summed E-state index contributed by atoms with van der Waals surface area (Å²) in [6, 6.07) is 15.7. The molecule has 3 aromatic carbocycles. The van der Waals surface area contributed by atoms with Crippen molar-refractivity contribution >= 4 is 38.6 Å². The second kappa shape index (κ2) is 18.4. The van der Waals surface area contributed by atoms with Crippen LogP contribution < -0.4 is 14.4 Å². The van der Waals surface area contributed by atoms with Gasteiger partial charge in [0.25, 0.3) is 5.91 Å². The van der Waals surface area contributed by atoms with Gasteiger partial charge in [0, 0.05) is 36.7 Å². The lowest BCUT2D eigenvalue weighted by atomic mass is 10.0. The van der Waals surface area contributed by atoms with E-state index in [1.54, 1.807) is 50.4 Å². The van der Waals surface area contributed by atoms with Gasteiger partial charge >= 0.3 is 5.97 Å². The molecule has 1 aromatic heterocycles. The number of halogens is 1. The molecule has 1 aliphatic rings. The van der Waals surface area contributed by atoms with E-state index in [1.807, 2.05) is 0 Å². The largest absolute Gasteiger partial charge is 0.461 e. The minimum atomic E-state index is -3.86. The standard InChI is InChI=1S/C37H43FN2O12S/c1-24-30-19-31-33(52-36(35(31)37(42)39-2)25-5-9-27(10-6-25)51-28-11-7-26(38)8-12-28)20-32(30)40(53(4,43)44)21-29(50-24)22-49-34(41)23-48-18-17-47-16-15-46-14-13-45-3/h5-12,19-20,24,29H,13-18,21-23H2,1-4H3,(H,39,42)/t24-,29-/m0/s1. The SMILES string of the molecule is CNC(=O)c1c(-c2ccc(Oc3ccc(F)cc3)cc2)oc2cc3c(cc12)[C@H](C)O[C@H](COC(=O)COCCOCCOCCOC)CN3S(C)(=O)=O. The molecule has 0 bridgehead atoms. The number of hydrogen-bond donors (Lipinski definition) is 1. The predicted molar refractivity (Wildman–Crippen MR) is 192 cm³/mol. The lowest BCUT2D eigenvalue weighted by Gasteiger charge is -2.24. The van der Waals surface area contributed by atoms with Crippen molar-refractivity contribution in [1.29, 1.82) is 0 Å². The van der Waals surface area contributed by atoms with Crippen molar-refractivity contribution in [2.75, 3.05) is 84.1 Å². The summed E-state index contributed by atoms with van der Waals surface area (Å²) in [6.45, 7) is 3.23. The molecular formula is C37H43FN2O12S. The number of carbonyl (C=O) groups excluding carboxylic acids is 2. The number of nitrogens with one attached hydrogen (secondary N) is 1. The van der Waals surface area contributed by atoms with Crippen LogP contribution in [0.5, 0.6) is 11.5 Å². The van der Waals surface area contributed by atoms with Gasteiger partial charge in [-0.15, -0.1) is 0 Å². The number of methoxy groups -OCH3 is 1. The number of ether oxygens (including phenoxy) is 7. The molecule has 2 heterocycles. The number of furan rings is 1.